The van der Waals surface area contributed by atoms with Crippen molar-refractivity contribution in [1.29, 1.82) is 0 Å². The molecule has 0 bridgehead atoms. The largest absolute Gasteiger partial charge is 1.00 e. The molecule has 0 saturated carbocycles. The Balaban J connectivity index is 0.00000169. The van der Waals surface area contributed by atoms with Gasteiger partial charge in [-0.2, -0.15) is 6.42 Å². The first-order chi connectivity index (χ1) is 6.24. The van der Waals surface area contributed by atoms with Crippen molar-refractivity contribution in [3.05, 3.63) is 41.3 Å². The van der Waals surface area contributed by atoms with Crippen LogP contribution < -0.4 is 18.9 Å². The van der Waals surface area contributed by atoms with E-state index in [1.807, 2.05) is 0 Å². The Bertz CT molecular complexity index is 285. The Morgan fingerprint density at radius 2 is 1.86 bits per heavy atom. The topological polar surface area (TPSA) is 17.1 Å². The van der Waals surface area contributed by atoms with Crippen LogP contribution >= 0.6 is 23.2 Å². The van der Waals surface area contributed by atoms with Crippen LogP contribution in [0.5, 0.6) is 0 Å². The van der Waals surface area contributed by atoms with Crippen LogP contribution in [-0.2, 0) is 0 Å². The standard InChI is InChI=1S/C10H9Cl2O.Li/c11-7-1-2-10(13)8-3-5-9(12)6-4-8;/h2-6H,1,7H2;/q-1;+1. The predicted octanol–water partition coefficient (Wildman–Crippen LogP) is 0.360. The van der Waals surface area contributed by atoms with Gasteiger partial charge in [0.15, 0.2) is 0 Å². The molecule has 0 aliphatic carbocycles. The van der Waals surface area contributed by atoms with Gasteiger partial charge in [0.1, 0.15) is 0 Å². The summed E-state index contributed by atoms with van der Waals surface area (Å²) in [5.41, 5.74) is 0.648. The Hall–Kier alpha value is -0.0626. The van der Waals surface area contributed by atoms with E-state index in [4.69, 9.17) is 23.2 Å². The Kier molecular flexibility index (Phi) is 7.23. The van der Waals surface area contributed by atoms with Gasteiger partial charge in [0.25, 0.3) is 0 Å². The van der Waals surface area contributed by atoms with Gasteiger partial charge in [-0.1, -0.05) is 30.2 Å². The molecule has 1 aromatic rings. The summed E-state index contributed by atoms with van der Waals surface area (Å²) >= 11 is 11.1. The number of alkyl halides is 1. The van der Waals surface area contributed by atoms with Crippen LogP contribution in [-0.4, -0.2) is 11.7 Å². The Labute approximate surface area is 106 Å². The molecule has 1 aromatic carbocycles. The van der Waals surface area contributed by atoms with Gasteiger partial charge < -0.3 is 4.79 Å². The van der Waals surface area contributed by atoms with Crippen LogP contribution in [0.4, 0.5) is 0 Å². The van der Waals surface area contributed by atoms with E-state index in [1.54, 1.807) is 30.7 Å². The molecule has 0 fully saturated rings. The maximum absolute atomic E-state index is 11.4. The second-order valence-electron chi connectivity index (χ2n) is 2.55. The average molecular weight is 223 g/mol. The van der Waals surface area contributed by atoms with Gasteiger partial charge in [-0.3, -0.25) is 0 Å². The van der Waals surface area contributed by atoms with Crippen LogP contribution in [0.15, 0.2) is 24.3 Å². The minimum Gasteiger partial charge on any atom is -0.332 e. The summed E-state index contributed by atoms with van der Waals surface area (Å²) in [6, 6.07) is 6.80. The fraction of sp³-hybridized carbons (Fsp3) is 0.200. The molecule has 0 amide bonds. The van der Waals surface area contributed by atoms with Crippen molar-refractivity contribution in [1.82, 2.24) is 0 Å². The van der Waals surface area contributed by atoms with Crippen LogP contribution in [0.25, 0.3) is 0 Å². The second-order valence-corrected chi connectivity index (χ2v) is 3.37. The number of hydrogen-bond donors (Lipinski definition) is 0. The molecule has 0 saturated heterocycles. The molecule has 0 heterocycles. The van der Waals surface area contributed by atoms with Gasteiger partial charge in [-0.25, -0.2) is 0 Å². The first-order valence-corrected chi connectivity index (χ1v) is 4.84. The van der Waals surface area contributed by atoms with E-state index in [2.05, 4.69) is 0 Å². The van der Waals surface area contributed by atoms with Gasteiger partial charge in [0, 0.05) is 16.7 Å². The molecule has 0 spiro atoms. The van der Waals surface area contributed by atoms with E-state index in [1.165, 1.54) is 0 Å². The molecule has 1 rings (SSSR count). The average Bonchev–Trinajstić information content (AvgIpc) is 2.15. The molecule has 14 heavy (non-hydrogen) atoms. The van der Waals surface area contributed by atoms with E-state index in [-0.39, 0.29) is 24.6 Å². The minimum absolute atomic E-state index is 0. The van der Waals surface area contributed by atoms with Crippen molar-refractivity contribution in [2.24, 2.45) is 0 Å². The molecule has 0 atom stereocenters. The van der Waals surface area contributed by atoms with Crippen molar-refractivity contribution in [3.63, 3.8) is 0 Å². The summed E-state index contributed by atoms with van der Waals surface area (Å²) < 4.78 is 0. The third-order valence-corrected chi connectivity index (χ3v) is 2.04. The number of benzene rings is 1. The van der Waals surface area contributed by atoms with Gasteiger partial charge in [0.05, 0.1) is 0 Å². The number of ketones is 1. The zero-order valence-electron chi connectivity index (χ0n) is 7.97. The van der Waals surface area contributed by atoms with Crippen LogP contribution in [0.1, 0.15) is 16.8 Å². The summed E-state index contributed by atoms with van der Waals surface area (Å²) in [6.45, 7) is 0. The molecule has 0 radical (unpaired) electrons. The fourth-order valence-electron chi connectivity index (χ4n) is 0.918. The van der Waals surface area contributed by atoms with E-state index in [0.29, 0.717) is 22.9 Å². The molecule has 1 nitrogen and oxygen atoms in total. The van der Waals surface area contributed by atoms with E-state index < -0.39 is 0 Å². The molecular formula is C10H9Cl2LiO. The van der Waals surface area contributed by atoms with Gasteiger partial charge in [0.2, 0.25) is 0 Å². The second kappa shape index (κ2) is 7.26. The molecule has 70 valence electrons. The van der Waals surface area contributed by atoms with Gasteiger partial charge >= 0.3 is 18.9 Å². The Morgan fingerprint density at radius 3 is 2.36 bits per heavy atom. The van der Waals surface area contributed by atoms with Crippen LogP contribution in [0, 0.1) is 6.42 Å². The summed E-state index contributed by atoms with van der Waals surface area (Å²) in [5, 5.41) is 0.633. The monoisotopic (exact) mass is 222 g/mol. The summed E-state index contributed by atoms with van der Waals surface area (Å²) in [5.74, 6) is 0.469. The van der Waals surface area contributed by atoms with Crippen molar-refractivity contribution in [2.45, 2.75) is 6.42 Å². The molecule has 4 heteroatoms. The molecular weight excluding hydrogens is 214 g/mol. The maximum Gasteiger partial charge on any atom is 1.00 e. The fourth-order valence-corrected chi connectivity index (χ4v) is 1.15. The maximum atomic E-state index is 11.4. The van der Waals surface area contributed by atoms with E-state index >= 15 is 0 Å². The minimum atomic E-state index is -0.00248. The number of rotatable bonds is 4. The smallest absolute Gasteiger partial charge is 0.332 e. The van der Waals surface area contributed by atoms with E-state index in [0.717, 1.165) is 0 Å². The molecule has 0 aliphatic rings. The summed E-state index contributed by atoms with van der Waals surface area (Å²) in [4.78, 5) is 11.4. The summed E-state index contributed by atoms with van der Waals surface area (Å²) in [7, 11) is 0. The van der Waals surface area contributed by atoms with Crippen molar-refractivity contribution in [3.8, 4) is 0 Å². The van der Waals surface area contributed by atoms with Crippen molar-refractivity contribution < 1.29 is 23.7 Å². The predicted molar refractivity (Wildman–Crippen MR) is 55.4 cm³/mol. The zero-order chi connectivity index (χ0) is 9.68. The van der Waals surface area contributed by atoms with Gasteiger partial charge in [-0.15, -0.1) is 29.3 Å². The normalized spacial score (nSPS) is 9.00. The third-order valence-electron chi connectivity index (χ3n) is 1.57. The van der Waals surface area contributed by atoms with Gasteiger partial charge in [-0.05, 0) is 0 Å². The first-order valence-electron chi connectivity index (χ1n) is 3.93. The van der Waals surface area contributed by atoms with E-state index in [9.17, 15) is 4.79 Å². The SMILES string of the molecule is O=C([CH-]CCCl)c1ccc(Cl)cc1.[Li+]. The first kappa shape index (κ1) is 13.9. The number of hydrogen-bond acceptors (Lipinski definition) is 1. The number of Topliss-reactive ketones (excluding diaryl/α,β-unsaturated/α-hetero) is 1. The number of halogens is 2. The molecule has 0 unspecified atom stereocenters. The third kappa shape index (κ3) is 4.44. The molecule has 0 N–H and O–H groups in total. The zero-order valence-corrected chi connectivity index (χ0v) is 9.48. The molecule has 0 aliphatic heterocycles. The van der Waals surface area contributed by atoms with Crippen LogP contribution in [0.3, 0.4) is 0 Å². The van der Waals surface area contributed by atoms with Crippen molar-refractivity contribution in [2.75, 3.05) is 5.88 Å². The quantitative estimate of drug-likeness (QED) is 0.311. The van der Waals surface area contributed by atoms with Crippen LogP contribution in [0.2, 0.25) is 5.02 Å². The number of carbonyl (C=O) groups excluding carboxylic acids is 1. The number of carbonyl (C=O) groups is 1. The Morgan fingerprint density at radius 1 is 1.29 bits per heavy atom. The summed E-state index contributed by atoms with van der Waals surface area (Å²) in [6.07, 6.45) is 2.18. The van der Waals surface area contributed by atoms with Crippen molar-refractivity contribution >= 4 is 29.0 Å². The molecule has 0 aromatic heterocycles.